The van der Waals surface area contributed by atoms with Gasteiger partial charge in [0.15, 0.2) is 11.4 Å². The van der Waals surface area contributed by atoms with Gasteiger partial charge in [-0.15, -0.1) is 0 Å². The van der Waals surface area contributed by atoms with Crippen molar-refractivity contribution in [3.8, 4) is 5.75 Å². The molecule has 0 unspecified atom stereocenters. The summed E-state index contributed by atoms with van der Waals surface area (Å²) in [5, 5.41) is 3.62. The van der Waals surface area contributed by atoms with E-state index in [9.17, 15) is 13.2 Å². The summed E-state index contributed by atoms with van der Waals surface area (Å²) in [6.45, 7) is 3.25. The fourth-order valence-corrected chi connectivity index (χ4v) is 1.16. The number of alkyl halides is 3. The van der Waals surface area contributed by atoms with Crippen molar-refractivity contribution in [1.82, 2.24) is 9.78 Å². The molecule has 0 aliphatic heterocycles. The summed E-state index contributed by atoms with van der Waals surface area (Å²) in [5.74, 6) is -0.244. The average molecular weight is 208 g/mol. The molecule has 0 aliphatic carbocycles. The van der Waals surface area contributed by atoms with Crippen molar-refractivity contribution in [3.05, 3.63) is 11.9 Å². The van der Waals surface area contributed by atoms with Crippen LogP contribution in [0.15, 0.2) is 6.20 Å². The Morgan fingerprint density at radius 3 is 2.36 bits per heavy atom. The van der Waals surface area contributed by atoms with Crippen LogP contribution in [0, 0.1) is 0 Å². The van der Waals surface area contributed by atoms with Crippen molar-refractivity contribution >= 4 is 0 Å². The molecule has 1 heterocycles. The van der Waals surface area contributed by atoms with Gasteiger partial charge in [-0.1, -0.05) is 0 Å². The lowest BCUT2D eigenvalue weighted by molar-refractivity contribution is -0.145. The fraction of sp³-hybridized carbons (Fsp3) is 0.625. The van der Waals surface area contributed by atoms with Crippen molar-refractivity contribution < 1.29 is 17.9 Å². The Kier molecular flexibility index (Phi) is 2.73. The Morgan fingerprint density at radius 2 is 2.00 bits per heavy atom. The summed E-state index contributed by atoms with van der Waals surface area (Å²) in [7, 11) is 1.19. The molecule has 0 bridgehead atoms. The van der Waals surface area contributed by atoms with E-state index in [2.05, 4.69) is 9.84 Å². The number of halogens is 3. The van der Waals surface area contributed by atoms with Crippen molar-refractivity contribution in [2.75, 3.05) is 7.11 Å². The highest BCUT2D eigenvalue weighted by Crippen LogP contribution is 2.37. The Hall–Kier alpha value is -1.20. The third kappa shape index (κ3) is 1.83. The predicted octanol–water partition coefficient (Wildman–Crippen LogP) is 2.49. The van der Waals surface area contributed by atoms with Crippen LogP contribution in [0.5, 0.6) is 5.75 Å². The fourth-order valence-electron chi connectivity index (χ4n) is 1.16. The van der Waals surface area contributed by atoms with E-state index in [-0.39, 0.29) is 11.8 Å². The smallest absolute Gasteiger partial charge is 0.436 e. The quantitative estimate of drug-likeness (QED) is 0.746. The minimum Gasteiger partial charge on any atom is -0.493 e. The Labute approximate surface area is 79.5 Å². The minimum atomic E-state index is -4.44. The van der Waals surface area contributed by atoms with E-state index in [1.807, 2.05) is 0 Å². The normalized spacial score (nSPS) is 12.2. The second-order valence-electron chi connectivity index (χ2n) is 3.10. The lowest BCUT2D eigenvalue weighted by atomic mass is 10.3. The van der Waals surface area contributed by atoms with E-state index in [0.717, 1.165) is 10.9 Å². The number of hydrogen-bond donors (Lipinski definition) is 0. The van der Waals surface area contributed by atoms with Gasteiger partial charge in [-0.2, -0.15) is 18.3 Å². The summed E-state index contributed by atoms with van der Waals surface area (Å²) in [4.78, 5) is 0. The number of hydrogen-bond acceptors (Lipinski definition) is 2. The third-order valence-corrected chi connectivity index (χ3v) is 1.74. The van der Waals surface area contributed by atoms with E-state index in [1.165, 1.54) is 7.11 Å². The van der Waals surface area contributed by atoms with Crippen LogP contribution in [0.3, 0.4) is 0 Å². The largest absolute Gasteiger partial charge is 0.493 e. The first-order chi connectivity index (χ1) is 6.38. The van der Waals surface area contributed by atoms with Crippen LogP contribution in [0.2, 0.25) is 0 Å². The van der Waals surface area contributed by atoms with Crippen LogP contribution in [0.25, 0.3) is 0 Å². The van der Waals surface area contributed by atoms with Crippen LogP contribution in [0.4, 0.5) is 13.2 Å². The third-order valence-electron chi connectivity index (χ3n) is 1.74. The van der Waals surface area contributed by atoms with Crippen molar-refractivity contribution in [2.45, 2.75) is 26.1 Å². The Morgan fingerprint density at radius 1 is 1.43 bits per heavy atom. The highest BCUT2D eigenvalue weighted by atomic mass is 19.4. The topological polar surface area (TPSA) is 27.1 Å². The molecule has 0 radical (unpaired) electrons. The Bertz CT molecular complexity index is 317. The maximum Gasteiger partial charge on any atom is 0.436 e. The zero-order valence-electron chi connectivity index (χ0n) is 8.09. The molecule has 0 amide bonds. The van der Waals surface area contributed by atoms with Gasteiger partial charge in [0.05, 0.1) is 13.3 Å². The van der Waals surface area contributed by atoms with Crippen LogP contribution >= 0.6 is 0 Å². The zero-order valence-corrected chi connectivity index (χ0v) is 8.09. The number of rotatable bonds is 2. The van der Waals surface area contributed by atoms with Crippen molar-refractivity contribution in [3.63, 3.8) is 0 Å². The number of aromatic nitrogens is 2. The van der Waals surface area contributed by atoms with Gasteiger partial charge < -0.3 is 4.74 Å². The molecule has 0 saturated heterocycles. The van der Waals surface area contributed by atoms with E-state index in [1.54, 1.807) is 13.8 Å². The Balaban J connectivity index is 3.27. The van der Waals surface area contributed by atoms with Gasteiger partial charge in [-0.3, -0.25) is 4.68 Å². The van der Waals surface area contributed by atoms with Gasteiger partial charge in [-0.05, 0) is 13.8 Å². The van der Waals surface area contributed by atoms with Gasteiger partial charge in [0.25, 0.3) is 0 Å². The minimum absolute atomic E-state index is 0.244. The molecule has 0 atom stereocenters. The first kappa shape index (κ1) is 10.9. The summed E-state index contributed by atoms with van der Waals surface area (Å²) >= 11 is 0. The maximum absolute atomic E-state index is 12.5. The molecule has 0 aliphatic rings. The van der Waals surface area contributed by atoms with Gasteiger partial charge in [0.1, 0.15) is 0 Å². The number of ether oxygens (including phenoxy) is 1. The van der Waals surface area contributed by atoms with E-state index >= 15 is 0 Å². The second-order valence-corrected chi connectivity index (χ2v) is 3.10. The number of methoxy groups -OCH3 is 1. The predicted molar refractivity (Wildman–Crippen MR) is 44.2 cm³/mol. The van der Waals surface area contributed by atoms with Crippen LogP contribution in [0.1, 0.15) is 25.6 Å². The molecule has 3 nitrogen and oxygen atoms in total. The van der Waals surface area contributed by atoms with E-state index in [0.29, 0.717) is 0 Å². The average Bonchev–Trinajstić information content (AvgIpc) is 2.45. The first-order valence-corrected chi connectivity index (χ1v) is 4.06. The molecular formula is C8H11F3N2O. The van der Waals surface area contributed by atoms with Gasteiger partial charge in [-0.25, -0.2) is 0 Å². The van der Waals surface area contributed by atoms with Crippen LogP contribution in [-0.4, -0.2) is 16.9 Å². The van der Waals surface area contributed by atoms with E-state index < -0.39 is 11.9 Å². The SMILES string of the molecule is COc1cnn(C(C)C)c1C(F)(F)F. The molecule has 6 heteroatoms. The monoisotopic (exact) mass is 208 g/mol. The molecule has 0 fully saturated rings. The first-order valence-electron chi connectivity index (χ1n) is 4.06. The van der Waals surface area contributed by atoms with Crippen LogP contribution < -0.4 is 4.74 Å². The van der Waals surface area contributed by atoms with Gasteiger partial charge >= 0.3 is 6.18 Å². The highest BCUT2D eigenvalue weighted by molar-refractivity contribution is 5.28. The molecular weight excluding hydrogens is 197 g/mol. The summed E-state index contributed by atoms with van der Waals surface area (Å²) in [6, 6.07) is -0.351. The van der Waals surface area contributed by atoms with Crippen molar-refractivity contribution in [2.24, 2.45) is 0 Å². The molecule has 0 saturated carbocycles. The van der Waals surface area contributed by atoms with Crippen LogP contribution in [-0.2, 0) is 6.18 Å². The molecule has 1 rings (SSSR count). The zero-order chi connectivity index (χ0) is 10.9. The summed E-state index contributed by atoms with van der Waals surface area (Å²) in [5.41, 5.74) is -0.838. The molecule has 14 heavy (non-hydrogen) atoms. The standard InChI is InChI=1S/C8H11F3N2O/c1-5(2)13-7(8(9,10)11)6(14-3)4-12-13/h4-5H,1-3H3. The molecule has 0 aromatic carbocycles. The summed E-state index contributed by atoms with van der Waals surface area (Å²) < 4.78 is 43.1. The lowest BCUT2D eigenvalue weighted by Gasteiger charge is -2.14. The van der Waals surface area contributed by atoms with Gasteiger partial charge in [0, 0.05) is 6.04 Å². The molecule has 80 valence electrons. The van der Waals surface area contributed by atoms with E-state index in [4.69, 9.17) is 0 Å². The second kappa shape index (κ2) is 3.51. The van der Waals surface area contributed by atoms with Gasteiger partial charge in [0.2, 0.25) is 0 Å². The maximum atomic E-state index is 12.5. The molecule has 0 N–H and O–H groups in total. The molecule has 1 aromatic heterocycles. The highest BCUT2D eigenvalue weighted by Gasteiger charge is 2.39. The molecule has 0 spiro atoms. The van der Waals surface area contributed by atoms with Crippen molar-refractivity contribution in [1.29, 1.82) is 0 Å². The lowest BCUT2D eigenvalue weighted by Crippen LogP contribution is -2.17. The summed E-state index contributed by atoms with van der Waals surface area (Å²) in [6.07, 6.45) is -3.37. The molecule has 1 aromatic rings. The number of nitrogens with zero attached hydrogens (tertiary/aromatic N) is 2.